The van der Waals surface area contributed by atoms with Crippen molar-refractivity contribution in [3.05, 3.63) is 47.3 Å². The molecule has 0 bridgehead atoms. The summed E-state index contributed by atoms with van der Waals surface area (Å²) >= 11 is 0. The first-order chi connectivity index (χ1) is 15.0. The molecular weight excluding hydrogens is 396 g/mol. The fourth-order valence-electron chi connectivity index (χ4n) is 4.40. The van der Waals surface area contributed by atoms with Crippen LogP contribution < -0.4 is 10.1 Å². The molecule has 4 rings (SSSR count). The Morgan fingerprint density at radius 3 is 2.87 bits per heavy atom. The Balaban J connectivity index is 1.51. The summed E-state index contributed by atoms with van der Waals surface area (Å²) in [6.07, 6.45) is 4.91. The summed E-state index contributed by atoms with van der Waals surface area (Å²) in [4.78, 5) is 28.1. The number of aromatic nitrogens is 2. The molecule has 8 heteroatoms. The molecule has 3 heterocycles. The molecule has 1 aromatic heterocycles. The third kappa shape index (κ3) is 4.58. The molecule has 166 valence electrons. The normalized spacial score (nSPS) is 22.6. The molecule has 1 aromatic carbocycles. The van der Waals surface area contributed by atoms with E-state index < -0.39 is 5.60 Å². The Morgan fingerprint density at radius 1 is 1.23 bits per heavy atom. The van der Waals surface area contributed by atoms with Gasteiger partial charge in [-0.25, -0.2) is 0 Å². The molecule has 2 aliphatic heterocycles. The number of carbonyl (C=O) groups excluding carboxylic acids is 2. The van der Waals surface area contributed by atoms with Gasteiger partial charge in [0.15, 0.2) is 5.60 Å². The van der Waals surface area contributed by atoms with Crippen molar-refractivity contribution in [1.82, 2.24) is 20.0 Å². The Hall–Kier alpha value is -2.87. The van der Waals surface area contributed by atoms with Gasteiger partial charge in [-0.1, -0.05) is 18.2 Å². The molecule has 1 spiro atoms. The van der Waals surface area contributed by atoms with E-state index in [4.69, 9.17) is 9.47 Å². The summed E-state index contributed by atoms with van der Waals surface area (Å²) in [5.74, 6) is 0.597. The topological polar surface area (TPSA) is 85.7 Å². The maximum absolute atomic E-state index is 13.2. The number of hydrogen-bond acceptors (Lipinski definition) is 5. The van der Waals surface area contributed by atoms with Crippen molar-refractivity contribution >= 4 is 11.8 Å². The highest BCUT2D eigenvalue weighted by atomic mass is 16.5. The molecule has 1 unspecified atom stereocenters. The van der Waals surface area contributed by atoms with Crippen LogP contribution in [0.15, 0.2) is 30.5 Å². The van der Waals surface area contributed by atoms with Gasteiger partial charge in [-0.05, 0) is 44.2 Å². The van der Waals surface area contributed by atoms with E-state index in [9.17, 15) is 9.59 Å². The Labute approximate surface area is 182 Å². The lowest BCUT2D eigenvalue weighted by molar-refractivity contribution is -0.159. The first-order valence-corrected chi connectivity index (χ1v) is 10.9. The van der Waals surface area contributed by atoms with E-state index in [1.54, 1.807) is 22.8 Å². The first-order valence-electron chi connectivity index (χ1n) is 10.9. The van der Waals surface area contributed by atoms with Crippen molar-refractivity contribution in [2.45, 2.75) is 38.2 Å². The largest absolute Gasteiger partial charge is 0.491 e. The lowest BCUT2D eigenvalue weighted by atomic mass is 9.91. The second-order valence-electron chi connectivity index (χ2n) is 8.29. The maximum Gasteiger partial charge on any atom is 0.257 e. The Bertz CT molecular complexity index is 957. The van der Waals surface area contributed by atoms with Crippen molar-refractivity contribution in [3.63, 3.8) is 0 Å². The number of fused-ring (bicyclic) bond motifs is 1. The van der Waals surface area contributed by atoms with Gasteiger partial charge in [0, 0.05) is 19.8 Å². The summed E-state index contributed by atoms with van der Waals surface area (Å²) in [5, 5.41) is 7.24. The summed E-state index contributed by atoms with van der Waals surface area (Å²) in [6, 6.07) is 8.04. The number of hydrogen-bond donors (Lipinski definition) is 1. The fourth-order valence-corrected chi connectivity index (χ4v) is 4.40. The molecule has 2 amide bonds. The Kier molecular flexibility index (Phi) is 6.27. The number of nitrogens with one attached hydrogen (secondary N) is 1. The highest BCUT2D eigenvalue weighted by Gasteiger charge is 2.44. The van der Waals surface area contributed by atoms with Crippen molar-refractivity contribution in [3.8, 4) is 5.75 Å². The third-order valence-electron chi connectivity index (χ3n) is 6.03. The third-order valence-corrected chi connectivity index (χ3v) is 6.03. The van der Waals surface area contributed by atoms with Gasteiger partial charge in [-0.2, -0.15) is 5.10 Å². The van der Waals surface area contributed by atoms with E-state index in [1.165, 1.54) is 5.56 Å². The van der Waals surface area contributed by atoms with E-state index in [1.807, 2.05) is 25.1 Å². The number of para-hydroxylation sites is 1. The van der Waals surface area contributed by atoms with E-state index in [-0.39, 0.29) is 18.4 Å². The average Bonchev–Trinajstić information content (AvgIpc) is 3.11. The molecule has 31 heavy (non-hydrogen) atoms. The maximum atomic E-state index is 13.2. The number of ether oxygens (including phenoxy) is 2. The molecule has 0 radical (unpaired) electrons. The van der Waals surface area contributed by atoms with Crippen LogP contribution >= 0.6 is 0 Å². The standard InChI is InChI=1S/C23H30N4O4/c1-17-19(15-26(2)25-17)21(28)27-12-14-31-23(16-27)10-6-5-8-18-7-3-4-9-20(18)30-13-11-24-22(23)29/h3-4,7,9,15H,5-6,8,10-14,16H2,1-2H3,(H,24,29). The van der Waals surface area contributed by atoms with E-state index in [2.05, 4.69) is 16.5 Å². The van der Waals surface area contributed by atoms with Crippen LogP contribution in [-0.4, -0.2) is 64.9 Å². The fraction of sp³-hybridized carbons (Fsp3) is 0.522. The number of rotatable bonds is 1. The average molecular weight is 427 g/mol. The van der Waals surface area contributed by atoms with Gasteiger partial charge in [-0.15, -0.1) is 0 Å². The zero-order chi connectivity index (χ0) is 21.8. The predicted molar refractivity (Wildman–Crippen MR) is 115 cm³/mol. The molecule has 0 saturated carbocycles. The van der Waals surface area contributed by atoms with E-state index >= 15 is 0 Å². The minimum atomic E-state index is -1.04. The molecular formula is C23H30N4O4. The van der Waals surface area contributed by atoms with Gasteiger partial charge in [0.05, 0.1) is 31.0 Å². The number of morpholine rings is 1. The van der Waals surface area contributed by atoms with Crippen molar-refractivity contribution in [2.75, 3.05) is 32.8 Å². The van der Waals surface area contributed by atoms with Crippen LogP contribution in [-0.2, 0) is 23.0 Å². The zero-order valence-corrected chi connectivity index (χ0v) is 18.2. The lowest BCUT2D eigenvalue weighted by Gasteiger charge is -2.41. The minimum Gasteiger partial charge on any atom is -0.491 e. The summed E-state index contributed by atoms with van der Waals surface area (Å²) in [7, 11) is 1.80. The second-order valence-corrected chi connectivity index (χ2v) is 8.29. The molecule has 1 N–H and O–H groups in total. The van der Waals surface area contributed by atoms with E-state index in [0.717, 1.165) is 25.0 Å². The number of amides is 2. The van der Waals surface area contributed by atoms with Crippen molar-refractivity contribution in [1.29, 1.82) is 0 Å². The first kappa shape index (κ1) is 21.4. The van der Waals surface area contributed by atoms with Gasteiger partial charge in [-0.3, -0.25) is 14.3 Å². The van der Waals surface area contributed by atoms with Gasteiger partial charge >= 0.3 is 0 Å². The molecule has 0 aliphatic carbocycles. The zero-order valence-electron chi connectivity index (χ0n) is 18.2. The number of benzene rings is 1. The number of carbonyl (C=O) groups is 2. The molecule has 2 aromatic rings. The van der Waals surface area contributed by atoms with Crippen molar-refractivity contribution in [2.24, 2.45) is 7.05 Å². The highest BCUT2D eigenvalue weighted by molar-refractivity contribution is 5.96. The highest BCUT2D eigenvalue weighted by Crippen LogP contribution is 2.28. The van der Waals surface area contributed by atoms with E-state index in [0.29, 0.717) is 44.0 Å². The summed E-state index contributed by atoms with van der Waals surface area (Å²) < 4.78 is 13.6. The summed E-state index contributed by atoms with van der Waals surface area (Å²) in [6.45, 7) is 3.62. The summed E-state index contributed by atoms with van der Waals surface area (Å²) in [5.41, 5.74) is 1.39. The van der Waals surface area contributed by atoms with Crippen LogP contribution in [0.3, 0.4) is 0 Å². The van der Waals surface area contributed by atoms with Crippen LogP contribution in [0.5, 0.6) is 5.75 Å². The van der Waals surface area contributed by atoms with Crippen LogP contribution in [0.4, 0.5) is 0 Å². The molecule has 1 fully saturated rings. The molecule has 1 atom stereocenters. The number of nitrogens with zero attached hydrogens (tertiary/aromatic N) is 3. The van der Waals surface area contributed by atoms with Gasteiger partial charge in [0.2, 0.25) is 0 Å². The van der Waals surface area contributed by atoms with Gasteiger partial charge in [0.1, 0.15) is 12.4 Å². The second kappa shape index (κ2) is 9.09. The monoisotopic (exact) mass is 426 g/mol. The van der Waals surface area contributed by atoms with Crippen molar-refractivity contribution < 1.29 is 19.1 Å². The molecule has 8 nitrogen and oxygen atoms in total. The van der Waals surface area contributed by atoms with Crippen LogP contribution in [0.2, 0.25) is 0 Å². The van der Waals surface area contributed by atoms with Gasteiger partial charge < -0.3 is 19.7 Å². The lowest BCUT2D eigenvalue weighted by Crippen LogP contribution is -2.61. The minimum absolute atomic E-state index is 0.107. The Morgan fingerprint density at radius 2 is 2.06 bits per heavy atom. The molecule has 2 aliphatic rings. The van der Waals surface area contributed by atoms with Gasteiger partial charge in [0.25, 0.3) is 11.8 Å². The van der Waals surface area contributed by atoms with Crippen LogP contribution in [0, 0.1) is 6.92 Å². The molecule has 1 saturated heterocycles. The van der Waals surface area contributed by atoms with Crippen LogP contribution in [0.25, 0.3) is 0 Å². The predicted octanol–water partition coefficient (Wildman–Crippen LogP) is 1.86. The quantitative estimate of drug-likeness (QED) is 0.752. The smallest absolute Gasteiger partial charge is 0.257 e. The SMILES string of the molecule is Cc1nn(C)cc1C(=O)N1CCOC2(CCCCc3ccccc3OCCNC2=O)C1. The van der Waals surface area contributed by atoms with Crippen LogP contribution in [0.1, 0.15) is 40.9 Å². The number of aryl methyl sites for hydroxylation is 3.